The zero-order chi connectivity index (χ0) is 20.2. The maximum Gasteiger partial charge on any atom is 0.255 e. The number of carbonyl (C=O) groups excluding carboxylic acids is 2. The minimum absolute atomic E-state index is 0.142. The molecule has 0 spiro atoms. The van der Waals surface area contributed by atoms with Crippen LogP contribution in [0.15, 0.2) is 73.1 Å². The fraction of sp³-hybridized carbons (Fsp3) is 0.174. The fourth-order valence-corrected chi connectivity index (χ4v) is 3.57. The van der Waals surface area contributed by atoms with Crippen LogP contribution < -0.4 is 5.32 Å². The highest BCUT2D eigenvalue weighted by Crippen LogP contribution is 2.33. The van der Waals surface area contributed by atoms with Gasteiger partial charge < -0.3 is 10.2 Å². The van der Waals surface area contributed by atoms with Crippen molar-refractivity contribution in [3.8, 4) is 0 Å². The lowest BCUT2D eigenvalue weighted by Crippen LogP contribution is -2.39. The highest BCUT2D eigenvalue weighted by Gasteiger charge is 2.40. The van der Waals surface area contributed by atoms with Crippen LogP contribution in [0.25, 0.3) is 0 Å². The molecule has 1 aromatic heterocycles. The third kappa shape index (κ3) is 4.01. The van der Waals surface area contributed by atoms with Crippen LogP contribution in [-0.2, 0) is 17.8 Å². The molecule has 6 heteroatoms. The molecule has 0 aliphatic carbocycles. The maximum atomic E-state index is 13.1. The van der Waals surface area contributed by atoms with E-state index in [1.807, 2.05) is 24.3 Å². The van der Waals surface area contributed by atoms with Crippen LogP contribution >= 0.6 is 0 Å². The van der Waals surface area contributed by atoms with Gasteiger partial charge in [-0.2, -0.15) is 0 Å². The summed E-state index contributed by atoms with van der Waals surface area (Å²) in [7, 11) is 0. The summed E-state index contributed by atoms with van der Waals surface area (Å²) in [5.74, 6) is -0.711. The number of hydrogen-bond donors (Lipinski definition) is 1. The van der Waals surface area contributed by atoms with Crippen LogP contribution in [0.1, 0.15) is 33.1 Å². The van der Waals surface area contributed by atoms with Gasteiger partial charge in [-0.05, 0) is 53.4 Å². The van der Waals surface area contributed by atoms with Gasteiger partial charge in [0.1, 0.15) is 11.9 Å². The largest absolute Gasteiger partial charge is 0.350 e. The molecule has 146 valence electrons. The molecule has 1 aliphatic rings. The highest BCUT2D eigenvalue weighted by atomic mass is 19.1. The molecule has 1 aliphatic heterocycles. The predicted molar refractivity (Wildman–Crippen MR) is 106 cm³/mol. The molecular formula is C23H20FN3O2. The summed E-state index contributed by atoms with van der Waals surface area (Å²) < 4.78 is 13.1. The normalized spacial score (nSPS) is 15.3. The van der Waals surface area contributed by atoms with E-state index in [1.165, 1.54) is 12.1 Å². The molecule has 2 amide bonds. The van der Waals surface area contributed by atoms with Crippen molar-refractivity contribution in [1.82, 2.24) is 15.2 Å². The Bertz CT molecular complexity index is 1020. The van der Waals surface area contributed by atoms with Crippen LogP contribution in [0.3, 0.4) is 0 Å². The first kappa shape index (κ1) is 18.8. The number of carbonyl (C=O) groups is 2. The average molecular weight is 389 g/mol. The van der Waals surface area contributed by atoms with Crippen LogP contribution in [0, 0.1) is 5.82 Å². The number of halogens is 1. The molecular weight excluding hydrogens is 369 g/mol. The number of amides is 2. The zero-order valence-corrected chi connectivity index (χ0v) is 15.7. The quantitative estimate of drug-likeness (QED) is 0.704. The molecule has 29 heavy (non-hydrogen) atoms. The van der Waals surface area contributed by atoms with Gasteiger partial charge in [0.25, 0.3) is 5.91 Å². The monoisotopic (exact) mass is 389 g/mol. The molecule has 5 nitrogen and oxygen atoms in total. The Hall–Kier alpha value is -3.54. The standard InChI is InChI=1S/C23H20FN3O2/c24-18-7-5-17(6-8-18)15-26-22(28)21-19-3-1-2-4-20(19)23(29)27(21)14-11-16-9-12-25-13-10-16/h1-10,12-13,21H,11,14-15H2,(H,26,28). The minimum Gasteiger partial charge on any atom is -0.350 e. The van der Waals surface area contributed by atoms with Crippen LogP contribution in [0.5, 0.6) is 0 Å². The molecule has 2 aromatic carbocycles. The summed E-state index contributed by atoms with van der Waals surface area (Å²) in [6, 6.07) is 16.3. The van der Waals surface area contributed by atoms with Crippen molar-refractivity contribution >= 4 is 11.8 Å². The van der Waals surface area contributed by atoms with Gasteiger partial charge in [0, 0.05) is 31.0 Å². The van der Waals surface area contributed by atoms with E-state index in [-0.39, 0.29) is 24.2 Å². The molecule has 1 atom stereocenters. The van der Waals surface area contributed by atoms with E-state index in [1.54, 1.807) is 41.6 Å². The van der Waals surface area contributed by atoms with Crippen molar-refractivity contribution in [2.45, 2.75) is 19.0 Å². The Kier molecular flexibility index (Phi) is 5.33. The van der Waals surface area contributed by atoms with Gasteiger partial charge in [-0.3, -0.25) is 14.6 Å². The summed E-state index contributed by atoms with van der Waals surface area (Å²) in [6.07, 6.45) is 4.05. The first-order chi connectivity index (χ1) is 14.1. The van der Waals surface area contributed by atoms with Crippen molar-refractivity contribution < 1.29 is 14.0 Å². The SMILES string of the molecule is O=C(NCc1ccc(F)cc1)C1c2ccccc2C(=O)N1CCc1ccncc1. The second kappa shape index (κ2) is 8.22. The molecule has 4 rings (SSSR count). The number of benzene rings is 2. The van der Waals surface area contributed by atoms with Gasteiger partial charge in [-0.25, -0.2) is 4.39 Å². The maximum absolute atomic E-state index is 13.1. The average Bonchev–Trinajstić information content (AvgIpc) is 3.04. The van der Waals surface area contributed by atoms with E-state index in [2.05, 4.69) is 10.3 Å². The first-order valence-electron chi connectivity index (χ1n) is 9.44. The second-order valence-corrected chi connectivity index (χ2v) is 6.94. The van der Waals surface area contributed by atoms with Gasteiger partial charge in [0.05, 0.1) is 0 Å². The van der Waals surface area contributed by atoms with Crippen molar-refractivity contribution in [2.75, 3.05) is 6.54 Å². The number of hydrogen-bond acceptors (Lipinski definition) is 3. The highest BCUT2D eigenvalue weighted by molar-refractivity contribution is 6.04. The van der Waals surface area contributed by atoms with E-state index in [0.29, 0.717) is 24.1 Å². The summed E-state index contributed by atoms with van der Waals surface area (Å²) in [6.45, 7) is 0.691. The van der Waals surface area contributed by atoms with Gasteiger partial charge in [-0.15, -0.1) is 0 Å². The van der Waals surface area contributed by atoms with Crippen molar-refractivity contribution in [3.05, 3.63) is 101 Å². The Labute approximate surface area is 168 Å². The zero-order valence-electron chi connectivity index (χ0n) is 15.7. The number of pyridine rings is 1. The molecule has 2 heterocycles. The van der Waals surface area contributed by atoms with E-state index in [9.17, 15) is 14.0 Å². The van der Waals surface area contributed by atoms with E-state index in [0.717, 1.165) is 11.1 Å². The summed E-state index contributed by atoms with van der Waals surface area (Å²) in [5, 5.41) is 2.88. The van der Waals surface area contributed by atoms with Crippen molar-refractivity contribution in [2.24, 2.45) is 0 Å². The lowest BCUT2D eigenvalue weighted by molar-refractivity contribution is -0.125. The summed E-state index contributed by atoms with van der Waals surface area (Å²) in [5.41, 5.74) is 3.11. The Balaban J connectivity index is 1.52. The molecule has 0 radical (unpaired) electrons. The van der Waals surface area contributed by atoms with E-state index < -0.39 is 6.04 Å². The Morgan fingerprint density at radius 3 is 2.48 bits per heavy atom. The molecule has 0 saturated carbocycles. The van der Waals surface area contributed by atoms with Crippen LogP contribution in [0.2, 0.25) is 0 Å². The number of aromatic nitrogens is 1. The molecule has 0 saturated heterocycles. The van der Waals surface area contributed by atoms with Crippen LogP contribution in [-0.4, -0.2) is 28.2 Å². The summed E-state index contributed by atoms with van der Waals surface area (Å²) >= 11 is 0. The van der Waals surface area contributed by atoms with Gasteiger partial charge in [0.2, 0.25) is 5.91 Å². The Morgan fingerprint density at radius 2 is 1.72 bits per heavy atom. The molecule has 1 unspecified atom stereocenters. The van der Waals surface area contributed by atoms with Crippen molar-refractivity contribution in [3.63, 3.8) is 0 Å². The molecule has 0 bridgehead atoms. The molecule has 3 aromatic rings. The third-order valence-electron chi connectivity index (χ3n) is 5.08. The van der Waals surface area contributed by atoms with Gasteiger partial charge in [-0.1, -0.05) is 30.3 Å². The third-order valence-corrected chi connectivity index (χ3v) is 5.08. The number of nitrogens with one attached hydrogen (secondary N) is 1. The van der Waals surface area contributed by atoms with Gasteiger partial charge in [0.15, 0.2) is 0 Å². The van der Waals surface area contributed by atoms with E-state index >= 15 is 0 Å². The second-order valence-electron chi connectivity index (χ2n) is 6.94. The first-order valence-corrected chi connectivity index (χ1v) is 9.44. The van der Waals surface area contributed by atoms with Gasteiger partial charge >= 0.3 is 0 Å². The lowest BCUT2D eigenvalue weighted by atomic mass is 10.0. The Morgan fingerprint density at radius 1 is 1.00 bits per heavy atom. The number of nitrogens with zero attached hydrogens (tertiary/aromatic N) is 2. The smallest absolute Gasteiger partial charge is 0.255 e. The minimum atomic E-state index is -0.680. The predicted octanol–water partition coefficient (Wildman–Crippen LogP) is 3.28. The topological polar surface area (TPSA) is 62.3 Å². The van der Waals surface area contributed by atoms with E-state index in [4.69, 9.17) is 0 Å². The fourth-order valence-electron chi connectivity index (χ4n) is 3.57. The summed E-state index contributed by atoms with van der Waals surface area (Å²) in [4.78, 5) is 31.6. The van der Waals surface area contributed by atoms with Crippen molar-refractivity contribution in [1.29, 1.82) is 0 Å². The lowest BCUT2D eigenvalue weighted by Gasteiger charge is -2.24. The number of fused-ring (bicyclic) bond motifs is 1. The van der Waals surface area contributed by atoms with Crippen LogP contribution in [0.4, 0.5) is 4.39 Å². The molecule has 0 fully saturated rings. The molecule has 1 N–H and O–H groups in total. The number of rotatable bonds is 6.